The molecule has 0 radical (unpaired) electrons. The van der Waals surface area contributed by atoms with Crippen molar-refractivity contribution in [1.82, 2.24) is 10.6 Å². The number of hydrogen-bond acceptors (Lipinski definition) is 5. The largest absolute Gasteiger partial charge is 0.350 e. The van der Waals surface area contributed by atoms with Gasteiger partial charge < -0.3 is 20.1 Å². The van der Waals surface area contributed by atoms with Crippen LogP contribution in [0.15, 0.2) is 0 Å². The Morgan fingerprint density at radius 2 is 1.80 bits per heavy atom. The summed E-state index contributed by atoms with van der Waals surface area (Å²) in [6.07, 6.45) is 0.930. The summed E-state index contributed by atoms with van der Waals surface area (Å²) in [6, 6.07) is 0. The second kappa shape index (κ2) is 6.15. The van der Waals surface area contributed by atoms with E-state index in [2.05, 4.69) is 24.5 Å². The summed E-state index contributed by atoms with van der Waals surface area (Å²) >= 11 is 4.85. The van der Waals surface area contributed by atoms with Crippen molar-refractivity contribution in [2.45, 2.75) is 39.4 Å². The van der Waals surface area contributed by atoms with Gasteiger partial charge >= 0.3 is 0 Å². The van der Waals surface area contributed by atoms with Crippen LogP contribution in [0.3, 0.4) is 0 Å². The van der Waals surface area contributed by atoms with Gasteiger partial charge in [0.25, 0.3) is 0 Å². The van der Waals surface area contributed by atoms with E-state index in [-0.39, 0.29) is 23.3 Å². The van der Waals surface area contributed by atoms with Crippen molar-refractivity contribution in [2.75, 3.05) is 13.2 Å². The third-order valence-electron chi connectivity index (χ3n) is 3.68. The molecule has 112 valence electrons. The number of ether oxygens (including phenoxy) is 2. The standard InChI is InChI=1S/C13H20N2O4S/c1-8(2)3-4-13(7-9-18-5-6-19-9)10(16)14-12(20)15-11(13)17/h8-9H,3-7H2,1-2H3,(H2,14,15,16,17,20). The van der Waals surface area contributed by atoms with Gasteiger partial charge in [0.05, 0.1) is 13.2 Å². The van der Waals surface area contributed by atoms with E-state index in [1.165, 1.54) is 0 Å². The van der Waals surface area contributed by atoms with Crippen LogP contribution in [0.4, 0.5) is 0 Å². The minimum absolute atomic E-state index is 0.0634. The third kappa shape index (κ3) is 3.16. The Balaban J connectivity index is 2.19. The second-order valence-electron chi connectivity index (χ2n) is 5.63. The molecule has 0 aromatic heterocycles. The summed E-state index contributed by atoms with van der Waals surface area (Å²) < 4.78 is 10.8. The fourth-order valence-electron chi connectivity index (χ4n) is 2.44. The summed E-state index contributed by atoms with van der Waals surface area (Å²) in [7, 11) is 0. The lowest BCUT2D eigenvalue weighted by atomic mass is 9.75. The van der Waals surface area contributed by atoms with Crippen molar-refractivity contribution in [3.05, 3.63) is 0 Å². The van der Waals surface area contributed by atoms with Crippen LogP contribution in [0.25, 0.3) is 0 Å². The van der Waals surface area contributed by atoms with Crippen LogP contribution < -0.4 is 10.6 Å². The van der Waals surface area contributed by atoms with Gasteiger partial charge in [0.2, 0.25) is 11.8 Å². The van der Waals surface area contributed by atoms with Gasteiger partial charge in [-0.2, -0.15) is 0 Å². The topological polar surface area (TPSA) is 76.7 Å². The summed E-state index contributed by atoms with van der Waals surface area (Å²) in [5.41, 5.74) is -1.17. The average molecular weight is 300 g/mol. The first-order valence-corrected chi connectivity index (χ1v) is 7.25. The number of carbonyl (C=O) groups excluding carboxylic acids is 2. The van der Waals surface area contributed by atoms with Crippen molar-refractivity contribution in [1.29, 1.82) is 0 Å². The van der Waals surface area contributed by atoms with Crippen molar-refractivity contribution >= 4 is 29.1 Å². The zero-order chi connectivity index (χ0) is 14.8. The zero-order valence-corrected chi connectivity index (χ0v) is 12.5. The fourth-order valence-corrected chi connectivity index (χ4v) is 2.62. The fraction of sp³-hybridized carbons (Fsp3) is 0.769. The minimum Gasteiger partial charge on any atom is -0.350 e. The molecule has 2 aliphatic rings. The Morgan fingerprint density at radius 1 is 1.25 bits per heavy atom. The minimum atomic E-state index is -1.17. The maximum atomic E-state index is 12.4. The highest BCUT2D eigenvalue weighted by Gasteiger charge is 2.51. The first-order chi connectivity index (χ1) is 9.44. The van der Waals surface area contributed by atoms with Crippen LogP contribution in [0.2, 0.25) is 0 Å². The molecule has 20 heavy (non-hydrogen) atoms. The molecule has 0 aliphatic carbocycles. The smallest absolute Gasteiger partial charge is 0.242 e. The van der Waals surface area contributed by atoms with E-state index < -0.39 is 11.7 Å². The third-order valence-corrected chi connectivity index (χ3v) is 3.88. The normalized spacial score (nSPS) is 23.1. The van der Waals surface area contributed by atoms with E-state index in [0.29, 0.717) is 25.6 Å². The van der Waals surface area contributed by atoms with Crippen molar-refractivity contribution < 1.29 is 19.1 Å². The van der Waals surface area contributed by atoms with E-state index in [9.17, 15) is 9.59 Å². The lowest BCUT2D eigenvalue weighted by Crippen LogP contribution is -2.63. The van der Waals surface area contributed by atoms with E-state index in [1.54, 1.807) is 0 Å². The van der Waals surface area contributed by atoms with E-state index in [4.69, 9.17) is 21.7 Å². The quantitative estimate of drug-likeness (QED) is 0.577. The number of nitrogens with one attached hydrogen (secondary N) is 2. The Labute approximate surface area is 123 Å². The molecule has 2 rings (SSSR count). The van der Waals surface area contributed by atoms with E-state index >= 15 is 0 Å². The molecule has 2 aliphatic heterocycles. The van der Waals surface area contributed by atoms with Gasteiger partial charge in [-0.1, -0.05) is 13.8 Å². The van der Waals surface area contributed by atoms with E-state index in [1.807, 2.05) is 0 Å². The summed E-state index contributed by atoms with van der Waals surface area (Å²) in [5.74, 6) is -0.316. The molecular weight excluding hydrogens is 280 g/mol. The number of amides is 2. The monoisotopic (exact) mass is 300 g/mol. The van der Waals surface area contributed by atoms with Crippen LogP contribution in [0.1, 0.15) is 33.1 Å². The first kappa shape index (κ1) is 15.3. The number of hydrogen-bond donors (Lipinski definition) is 2. The maximum Gasteiger partial charge on any atom is 0.242 e. The molecule has 0 bridgehead atoms. The first-order valence-electron chi connectivity index (χ1n) is 6.84. The molecule has 0 aromatic rings. The Morgan fingerprint density at radius 3 is 2.30 bits per heavy atom. The molecule has 2 fully saturated rings. The Hall–Kier alpha value is -1.05. The number of thiocarbonyl (C=S) groups is 1. The lowest BCUT2D eigenvalue weighted by molar-refractivity contribution is -0.152. The van der Waals surface area contributed by atoms with Crippen LogP contribution >= 0.6 is 12.2 Å². The highest BCUT2D eigenvalue weighted by Crippen LogP contribution is 2.35. The molecule has 7 heteroatoms. The molecule has 6 nitrogen and oxygen atoms in total. The van der Waals surface area contributed by atoms with Gasteiger partial charge in [-0.3, -0.25) is 9.59 Å². The molecule has 2 N–H and O–H groups in total. The van der Waals surface area contributed by atoms with Gasteiger partial charge in [0, 0.05) is 6.42 Å². The Bertz CT molecular complexity index is 399. The number of carbonyl (C=O) groups is 2. The predicted molar refractivity (Wildman–Crippen MR) is 75.7 cm³/mol. The average Bonchev–Trinajstić information content (AvgIpc) is 2.84. The molecule has 0 spiro atoms. The van der Waals surface area contributed by atoms with Gasteiger partial charge in [-0.15, -0.1) is 0 Å². The van der Waals surface area contributed by atoms with Gasteiger partial charge in [0.15, 0.2) is 11.4 Å². The van der Waals surface area contributed by atoms with Crippen LogP contribution in [0, 0.1) is 11.3 Å². The summed E-state index contributed by atoms with van der Waals surface area (Å²) in [4.78, 5) is 24.7. The van der Waals surface area contributed by atoms with Crippen LogP contribution in [-0.4, -0.2) is 36.4 Å². The van der Waals surface area contributed by atoms with Crippen molar-refractivity contribution in [3.8, 4) is 0 Å². The summed E-state index contributed by atoms with van der Waals surface area (Å²) in [6.45, 7) is 5.10. The maximum absolute atomic E-state index is 12.4. The molecule has 2 heterocycles. The predicted octanol–water partition coefficient (Wildman–Crippen LogP) is 0.703. The van der Waals surface area contributed by atoms with Crippen molar-refractivity contribution in [3.63, 3.8) is 0 Å². The zero-order valence-electron chi connectivity index (χ0n) is 11.7. The van der Waals surface area contributed by atoms with Gasteiger partial charge in [-0.25, -0.2) is 0 Å². The Kier molecular flexibility index (Phi) is 4.72. The number of rotatable bonds is 5. The molecule has 0 aromatic carbocycles. The molecule has 0 saturated carbocycles. The SMILES string of the molecule is CC(C)CCC1(CC2OCCO2)C(=O)NC(=S)NC1=O. The van der Waals surface area contributed by atoms with E-state index in [0.717, 1.165) is 6.42 Å². The molecule has 2 amide bonds. The molecular formula is C13H20N2O4S. The van der Waals surface area contributed by atoms with Gasteiger partial charge in [0.1, 0.15) is 5.41 Å². The highest BCUT2D eigenvalue weighted by atomic mass is 32.1. The molecule has 2 saturated heterocycles. The van der Waals surface area contributed by atoms with Gasteiger partial charge in [-0.05, 0) is 31.0 Å². The summed E-state index contributed by atoms with van der Waals surface area (Å²) in [5, 5.41) is 5.16. The van der Waals surface area contributed by atoms with Crippen LogP contribution in [0.5, 0.6) is 0 Å². The molecule has 0 atom stereocenters. The van der Waals surface area contributed by atoms with Crippen LogP contribution in [-0.2, 0) is 19.1 Å². The highest BCUT2D eigenvalue weighted by molar-refractivity contribution is 7.80. The van der Waals surface area contributed by atoms with Crippen molar-refractivity contribution in [2.24, 2.45) is 11.3 Å². The molecule has 0 unspecified atom stereocenters. The second-order valence-corrected chi connectivity index (χ2v) is 6.04. The lowest BCUT2D eigenvalue weighted by Gasteiger charge is -2.36.